The van der Waals surface area contributed by atoms with E-state index in [9.17, 15) is 0 Å². The van der Waals surface area contributed by atoms with E-state index in [0.29, 0.717) is 28.5 Å². The number of fused-ring (bicyclic) bond motifs is 1. The van der Waals surface area contributed by atoms with Gasteiger partial charge in [0.25, 0.3) is 5.22 Å². The van der Waals surface area contributed by atoms with E-state index < -0.39 is 0 Å². The maximum absolute atomic E-state index is 6.21. The van der Waals surface area contributed by atoms with Gasteiger partial charge < -0.3 is 13.9 Å². The molecule has 0 spiro atoms. The molecule has 7 heteroatoms. The van der Waals surface area contributed by atoms with Crippen LogP contribution in [0.1, 0.15) is 22.3 Å². The third kappa shape index (κ3) is 3.72. The predicted octanol–water partition coefficient (Wildman–Crippen LogP) is 5.17. The first-order valence-corrected chi connectivity index (χ1v) is 9.51. The Morgan fingerprint density at radius 2 is 1.88 bits per heavy atom. The Morgan fingerprint density at radius 1 is 1.08 bits per heavy atom. The van der Waals surface area contributed by atoms with Gasteiger partial charge in [0.15, 0.2) is 6.79 Å². The second kappa shape index (κ2) is 7.31. The number of hydrogen-bond acceptors (Lipinski definition) is 6. The molecule has 0 saturated heterocycles. The third-order valence-electron chi connectivity index (χ3n) is 3.98. The van der Waals surface area contributed by atoms with Gasteiger partial charge in [-0.25, -0.2) is 0 Å². The maximum Gasteiger partial charge on any atom is 0.277 e. The summed E-state index contributed by atoms with van der Waals surface area (Å²) in [6.07, 6.45) is 0. The molecule has 0 bridgehead atoms. The Kier molecular flexibility index (Phi) is 4.89. The van der Waals surface area contributed by atoms with Gasteiger partial charge in [0.2, 0.25) is 5.89 Å². The third-order valence-corrected chi connectivity index (χ3v) is 5.06. The van der Waals surface area contributed by atoms with Crippen LogP contribution in [0.4, 0.5) is 0 Å². The van der Waals surface area contributed by atoms with Gasteiger partial charge in [0.1, 0.15) is 5.75 Å². The van der Waals surface area contributed by atoms with Crippen molar-refractivity contribution in [2.75, 3.05) is 6.79 Å². The largest absolute Gasteiger partial charge is 0.467 e. The lowest BCUT2D eigenvalue weighted by Gasteiger charge is -2.20. The quantitative estimate of drug-likeness (QED) is 0.575. The van der Waals surface area contributed by atoms with Crippen LogP contribution in [0, 0.1) is 13.8 Å². The molecular formula is C19H17ClN2O3S. The van der Waals surface area contributed by atoms with Crippen molar-refractivity contribution in [1.82, 2.24) is 10.2 Å². The average molecular weight is 389 g/mol. The van der Waals surface area contributed by atoms with Crippen molar-refractivity contribution in [2.24, 2.45) is 0 Å². The van der Waals surface area contributed by atoms with Gasteiger partial charge in [-0.15, -0.1) is 10.2 Å². The molecule has 0 radical (unpaired) electrons. The van der Waals surface area contributed by atoms with Gasteiger partial charge in [-0.3, -0.25) is 0 Å². The van der Waals surface area contributed by atoms with Crippen LogP contribution in [0.3, 0.4) is 0 Å². The number of thioether (sulfide) groups is 1. The summed E-state index contributed by atoms with van der Waals surface area (Å²) in [5, 5.41) is 9.50. The SMILES string of the molecule is Cc1cc(C)cc(-c2nnc(SCc3cc(Cl)cc4c3OCOC4)o2)c1. The summed E-state index contributed by atoms with van der Waals surface area (Å²) < 4.78 is 16.8. The second-order valence-corrected chi connectivity index (χ2v) is 7.57. The van der Waals surface area contributed by atoms with Crippen LogP contribution in [-0.4, -0.2) is 17.0 Å². The molecule has 3 aromatic rings. The van der Waals surface area contributed by atoms with Crippen LogP contribution < -0.4 is 4.74 Å². The van der Waals surface area contributed by atoms with Crippen molar-refractivity contribution in [1.29, 1.82) is 0 Å². The molecule has 0 amide bonds. The van der Waals surface area contributed by atoms with E-state index in [2.05, 4.69) is 30.1 Å². The fourth-order valence-corrected chi connectivity index (χ4v) is 3.98. The zero-order valence-corrected chi connectivity index (χ0v) is 16.0. The number of halogens is 1. The standard InChI is InChI=1S/C19H17ClN2O3S/c1-11-3-12(2)5-13(4-11)18-21-22-19(25-18)26-9-15-7-16(20)6-14-8-23-10-24-17(14)15/h3-7H,8-10H2,1-2H3. The number of nitrogens with zero attached hydrogens (tertiary/aromatic N) is 2. The summed E-state index contributed by atoms with van der Waals surface area (Å²) in [6, 6.07) is 9.96. The normalized spacial score (nSPS) is 13.3. The van der Waals surface area contributed by atoms with Gasteiger partial charge in [-0.2, -0.15) is 0 Å². The molecule has 2 aromatic carbocycles. The summed E-state index contributed by atoms with van der Waals surface area (Å²) in [4.78, 5) is 0. The highest BCUT2D eigenvalue weighted by molar-refractivity contribution is 7.98. The molecule has 4 rings (SSSR count). The van der Waals surface area contributed by atoms with Crippen LogP contribution in [0.15, 0.2) is 40.0 Å². The molecule has 26 heavy (non-hydrogen) atoms. The smallest absolute Gasteiger partial charge is 0.277 e. The first kappa shape index (κ1) is 17.4. The van der Waals surface area contributed by atoms with Crippen molar-refractivity contribution in [2.45, 2.75) is 31.4 Å². The minimum absolute atomic E-state index is 0.254. The van der Waals surface area contributed by atoms with E-state index in [4.69, 9.17) is 25.5 Å². The fourth-order valence-electron chi connectivity index (χ4n) is 2.99. The summed E-state index contributed by atoms with van der Waals surface area (Å²) in [5.74, 6) is 1.98. The fraction of sp³-hybridized carbons (Fsp3) is 0.263. The predicted molar refractivity (Wildman–Crippen MR) is 101 cm³/mol. The van der Waals surface area contributed by atoms with E-state index in [0.717, 1.165) is 33.6 Å². The molecule has 0 saturated carbocycles. The maximum atomic E-state index is 6.21. The first-order valence-electron chi connectivity index (χ1n) is 8.15. The number of hydrogen-bond donors (Lipinski definition) is 0. The molecular weight excluding hydrogens is 372 g/mol. The van der Waals surface area contributed by atoms with Gasteiger partial charge in [0.05, 0.1) is 6.61 Å². The first-order chi connectivity index (χ1) is 12.6. The van der Waals surface area contributed by atoms with Crippen LogP contribution in [-0.2, 0) is 17.1 Å². The Labute approximate surface area is 160 Å². The highest BCUT2D eigenvalue weighted by Gasteiger charge is 2.18. The molecule has 0 atom stereocenters. The number of aromatic nitrogens is 2. The molecule has 5 nitrogen and oxygen atoms in total. The zero-order valence-electron chi connectivity index (χ0n) is 14.4. The number of aryl methyl sites for hydroxylation is 2. The molecule has 0 N–H and O–H groups in total. The van der Waals surface area contributed by atoms with E-state index in [1.54, 1.807) is 0 Å². The molecule has 134 valence electrons. The van der Waals surface area contributed by atoms with Gasteiger partial charge >= 0.3 is 0 Å². The Morgan fingerprint density at radius 3 is 2.69 bits per heavy atom. The molecule has 1 aromatic heterocycles. The minimum Gasteiger partial charge on any atom is -0.467 e. The van der Waals surface area contributed by atoms with Crippen molar-refractivity contribution < 1.29 is 13.9 Å². The zero-order chi connectivity index (χ0) is 18.1. The highest BCUT2D eigenvalue weighted by atomic mass is 35.5. The summed E-state index contributed by atoms with van der Waals surface area (Å²) in [6.45, 7) is 4.86. The second-order valence-electron chi connectivity index (χ2n) is 6.20. The van der Waals surface area contributed by atoms with Crippen molar-refractivity contribution in [3.63, 3.8) is 0 Å². The molecule has 0 fully saturated rings. The topological polar surface area (TPSA) is 57.4 Å². The van der Waals surface area contributed by atoms with Crippen LogP contribution >= 0.6 is 23.4 Å². The monoisotopic (exact) mass is 388 g/mol. The van der Waals surface area contributed by atoms with Crippen LogP contribution in [0.2, 0.25) is 5.02 Å². The molecule has 1 aliphatic heterocycles. The average Bonchev–Trinajstić information content (AvgIpc) is 3.08. The van der Waals surface area contributed by atoms with E-state index >= 15 is 0 Å². The summed E-state index contributed by atoms with van der Waals surface area (Å²) >= 11 is 7.66. The number of ether oxygens (including phenoxy) is 2. The summed E-state index contributed by atoms with van der Waals surface area (Å²) in [7, 11) is 0. The van der Waals surface area contributed by atoms with Crippen LogP contribution in [0.5, 0.6) is 5.75 Å². The van der Waals surface area contributed by atoms with E-state index in [1.807, 2.05) is 24.3 Å². The molecule has 2 heterocycles. The lowest BCUT2D eigenvalue weighted by atomic mass is 10.1. The number of benzene rings is 2. The number of rotatable bonds is 4. The van der Waals surface area contributed by atoms with E-state index in [1.165, 1.54) is 11.8 Å². The van der Waals surface area contributed by atoms with Crippen molar-refractivity contribution >= 4 is 23.4 Å². The Bertz CT molecular complexity index is 938. The highest BCUT2D eigenvalue weighted by Crippen LogP contribution is 2.35. The van der Waals surface area contributed by atoms with Gasteiger partial charge in [-0.1, -0.05) is 40.6 Å². The van der Waals surface area contributed by atoms with E-state index in [-0.39, 0.29) is 6.79 Å². The molecule has 0 unspecified atom stereocenters. The summed E-state index contributed by atoms with van der Waals surface area (Å²) in [5.41, 5.74) is 5.21. The molecule has 0 aliphatic carbocycles. The minimum atomic E-state index is 0.254. The van der Waals surface area contributed by atoms with Gasteiger partial charge in [-0.05, 0) is 38.1 Å². The Balaban J connectivity index is 1.53. The lowest BCUT2D eigenvalue weighted by molar-refractivity contribution is -0.0168. The van der Waals surface area contributed by atoms with Gasteiger partial charge in [0, 0.05) is 27.5 Å². The molecule has 1 aliphatic rings. The Hall–Kier alpha value is -2.02. The van der Waals surface area contributed by atoms with Crippen molar-refractivity contribution in [3.8, 4) is 17.2 Å². The van der Waals surface area contributed by atoms with Crippen LogP contribution in [0.25, 0.3) is 11.5 Å². The van der Waals surface area contributed by atoms with Crippen molar-refractivity contribution in [3.05, 3.63) is 57.6 Å². The lowest BCUT2D eigenvalue weighted by Crippen LogP contribution is -2.12.